The van der Waals surface area contributed by atoms with Gasteiger partial charge in [-0.05, 0) is 6.42 Å². The number of rotatable bonds is 4. The Labute approximate surface area is 75.0 Å². The Hall–Kier alpha value is 0.156. The van der Waals surface area contributed by atoms with Gasteiger partial charge >= 0.3 is 29.0 Å². The Morgan fingerprint density at radius 3 is 2.00 bits per heavy atom. The summed E-state index contributed by atoms with van der Waals surface area (Å²) in [5.74, 6) is -1.87. The van der Waals surface area contributed by atoms with E-state index in [0.29, 0.717) is 0 Å². The van der Waals surface area contributed by atoms with Crippen LogP contribution in [-0.4, -0.2) is 57.6 Å². The third-order valence-electron chi connectivity index (χ3n) is 1.05. The predicted molar refractivity (Wildman–Crippen MR) is 38.5 cm³/mol. The highest BCUT2D eigenvalue weighted by molar-refractivity contribution is 5.75. The van der Waals surface area contributed by atoms with Crippen LogP contribution in [0.1, 0.15) is 6.42 Å². The van der Waals surface area contributed by atoms with Gasteiger partial charge in [0.1, 0.15) is 0 Å². The van der Waals surface area contributed by atoms with Crippen molar-refractivity contribution in [1.82, 2.24) is 0 Å². The molecule has 0 rings (SSSR count). The van der Waals surface area contributed by atoms with Gasteiger partial charge in [-0.15, -0.1) is 0 Å². The molecule has 5 heteroatoms. The van der Waals surface area contributed by atoms with Gasteiger partial charge in [0.25, 0.3) is 0 Å². The first kappa shape index (κ1) is 12.8. The predicted octanol–water partition coefficient (Wildman–Crippen LogP) is -1.85. The van der Waals surface area contributed by atoms with Crippen molar-refractivity contribution >= 4 is 29.0 Å². The lowest BCUT2D eigenvalue weighted by Crippen LogP contribution is -2.18. The zero-order chi connectivity index (χ0) is 7.28. The molecular weight excluding hydrogens is 148 g/mol. The van der Waals surface area contributed by atoms with Crippen LogP contribution in [-0.2, 0) is 4.79 Å². The van der Waals surface area contributed by atoms with Gasteiger partial charge in [-0.25, -0.2) is 0 Å². The van der Waals surface area contributed by atoms with Crippen molar-refractivity contribution in [3.05, 3.63) is 0 Å². The van der Waals surface area contributed by atoms with Crippen molar-refractivity contribution in [2.24, 2.45) is 5.92 Å². The maximum absolute atomic E-state index is 10.0. The summed E-state index contributed by atoms with van der Waals surface area (Å²) in [6.45, 7) is -0.604. The minimum absolute atomic E-state index is 0. The fourth-order valence-corrected chi connectivity index (χ4v) is 0.449. The summed E-state index contributed by atoms with van der Waals surface area (Å²) in [7, 11) is 0. The van der Waals surface area contributed by atoms with E-state index in [9.17, 15) is 4.79 Å². The van der Waals surface area contributed by atoms with E-state index in [1.54, 1.807) is 0 Å². The van der Waals surface area contributed by atoms with Crippen molar-refractivity contribution in [3.63, 3.8) is 0 Å². The highest BCUT2D eigenvalue weighted by Crippen LogP contribution is 1.99. The summed E-state index contributed by atoms with van der Waals surface area (Å²) in [4.78, 5) is 10.0. The number of aliphatic hydroxyl groups excluding tert-OH is 2. The zero-order valence-corrected chi connectivity index (χ0v) is 4.95. The molecule has 0 aromatic heterocycles. The van der Waals surface area contributed by atoms with Gasteiger partial charge < -0.3 is 15.3 Å². The van der Waals surface area contributed by atoms with Crippen LogP contribution in [0.3, 0.4) is 0 Å². The van der Waals surface area contributed by atoms with Crippen LogP contribution < -0.4 is 0 Å². The Balaban J connectivity index is 0. The van der Waals surface area contributed by atoms with E-state index < -0.39 is 18.5 Å². The van der Waals surface area contributed by atoms with E-state index in [-0.39, 0.29) is 36.1 Å². The summed E-state index contributed by atoms with van der Waals surface area (Å²) in [5.41, 5.74) is 0. The number of carbonyl (C=O) groups is 1. The van der Waals surface area contributed by atoms with Crippen LogP contribution in [0.2, 0.25) is 0 Å². The third kappa shape index (κ3) is 4.98. The van der Waals surface area contributed by atoms with E-state index in [4.69, 9.17) is 15.3 Å². The second kappa shape index (κ2) is 7.27. The average Bonchev–Trinajstić information content (AvgIpc) is 1.82. The topological polar surface area (TPSA) is 77.8 Å². The largest absolute Gasteiger partial charge is 0.481 e. The van der Waals surface area contributed by atoms with Crippen LogP contribution in [0.25, 0.3) is 0 Å². The quantitative estimate of drug-likeness (QED) is 0.422. The molecule has 0 radical (unpaired) electrons. The number of hydrogen-bond acceptors (Lipinski definition) is 3. The summed E-state index contributed by atoms with van der Waals surface area (Å²) in [5, 5.41) is 24.8. The highest BCUT2D eigenvalue weighted by Gasteiger charge is 2.14. The van der Waals surface area contributed by atoms with Crippen molar-refractivity contribution in [3.8, 4) is 0 Å². The van der Waals surface area contributed by atoms with E-state index in [1.807, 2.05) is 0 Å². The van der Waals surface area contributed by atoms with E-state index >= 15 is 0 Å². The molecule has 10 heavy (non-hydrogen) atoms. The summed E-state index contributed by atoms with van der Waals surface area (Å²) in [6.07, 6.45) is 0.117. The summed E-state index contributed by atoms with van der Waals surface area (Å²) < 4.78 is 0. The fraction of sp³-hybridized carbons (Fsp3) is 0.800. The van der Waals surface area contributed by atoms with Crippen LogP contribution in [0.5, 0.6) is 0 Å². The van der Waals surface area contributed by atoms with Gasteiger partial charge in [0.2, 0.25) is 0 Å². The van der Waals surface area contributed by atoms with Crippen LogP contribution in [0, 0.1) is 5.92 Å². The van der Waals surface area contributed by atoms with Gasteiger partial charge in [-0.1, -0.05) is 0 Å². The van der Waals surface area contributed by atoms with Crippen LogP contribution in [0.4, 0.5) is 0 Å². The van der Waals surface area contributed by atoms with Gasteiger partial charge in [-0.3, -0.25) is 4.79 Å². The van der Waals surface area contributed by atoms with Crippen LogP contribution in [0.15, 0.2) is 0 Å². The molecule has 0 aliphatic rings. The molecule has 4 nitrogen and oxygen atoms in total. The number of carboxylic acid groups (broad SMARTS) is 1. The monoisotopic (exact) mass is 160 g/mol. The average molecular weight is 160 g/mol. The van der Waals surface area contributed by atoms with Crippen molar-refractivity contribution in [2.75, 3.05) is 13.2 Å². The lowest BCUT2D eigenvalue weighted by Gasteiger charge is -2.04. The summed E-state index contributed by atoms with van der Waals surface area (Å²) >= 11 is 0. The molecule has 0 aliphatic heterocycles. The van der Waals surface area contributed by atoms with Crippen molar-refractivity contribution < 1.29 is 20.1 Å². The fourth-order valence-electron chi connectivity index (χ4n) is 0.449. The van der Waals surface area contributed by atoms with E-state index in [2.05, 4.69) is 0 Å². The smallest absolute Gasteiger partial charge is 0.316 e. The molecule has 0 saturated carbocycles. The molecule has 0 aromatic rings. The molecule has 0 fully saturated rings. The Morgan fingerprint density at radius 2 is 1.90 bits per heavy atom. The van der Waals surface area contributed by atoms with E-state index in [0.717, 1.165) is 0 Å². The first-order chi connectivity index (χ1) is 4.22. The molecule has 3 N–H and O–H groups in total. The molecule has 0 bridgehead atoms. The van der Waals surface area contributed by atoms with Crippen molar-refractivity contribution in [1.29, 1.82) is 0 Å². The Kier molecular flexibility index (Phi) is 9.30. The first-order valence-electron chi connectivity index (χ1n) is 2.67. The molecular formula is C5H12MgO4. The third-order valence-corrected chi connectivity index (χ3v) is 1.05. The van der Waals surface area contributed by atoms with Gasteiger partial charge in [0, 0.05) is 6.61 Å². The van der Waals surface area contributed by atoms with Crippen molar-refractivity contribution in [2.45, 2.75) is 6.42 Å². The molecule has 0 aliphatic carbocycles. The molecule has 0 amide bonds. The first-order valence-corrected chi connectivity index (χ1v) is 2.67. The number of carboxylic acids is 1. The number of aliphatic hydroxyl groups is 2. The maximum Gasteiger partial charge on any atom is 0.316 e. The SMILES string of the molecule is O=C(O)C(CO)CCO.[MgH2]. The second-order valence-corrected chi connectivity index (χ2v) is 1.73. The molecule has 0 aromatic carbocycles. The van der Waals surface area contributed by atoms with Gasteiger partial charge in [0.05, 0.1) is 12.5 Å². The van der Waals surface area contributed by atoms with Gasteiger partial charge in [-0.2, -0.15) is 0 Å². The van der Waals surface area contributed by atoms with E-state index in [1.165, 1.54) is 0 Å². The minimum Gasteiger partial charge on any atom is -0.481 e. The minimum atomic E-state index is -1.06. The molecule has 0 spiro atoms. The lowest BCUT2D eigenvalue weighted by molar-refractivity contribution is -0.143. The molecule has 58 valence electrons. The van der Waals surface area contributed by atoms with Crippen LogP contribution >= 0.6 is 0 Å². The number of aliphatic carboxylic acids is 1. The Bertz CT molecular complexity index is 95.6. The molecule has 0 heterocycles. The molecule has 1 atom stereocenters. The normalized spacial score (nSPS) is 11.8. The second-order valence-electron chi connectivity index (χ2n) is 1.73. The van der Waals surface area contributed by atoms with Gasteiger partial charge in [0.15, 0.2) is 0 Å². The lowest BCUT2D eigenvalue weighted by atomic mass is 10.1. The molecule has 0 saturated heterocycles. The molecule has 1 unspecified atom stereocenters. The zero-order valence-electron chi connectivity index (χ0n) is 4.95. The summed E-state index contributed by atoms with van der Waals surface area (Å²) in [6, 6.07) is 0. The highest BCUT2D eigenvalue weighted by atomic mass is 24.3. The number of hydrogen-bond donors (Lipinski definition) is 3. The maximum atomic E-state index is 10.0. The standard InChI is InChI=1S/C5H10O4.Mg.2H/c6-2-1-4(3-7)5(8)9;;;/h4,6-7H,1-3H2,(H,8,9);;;. The Morgan fingerprint density at radius 1 is 1.40 bits per heavy atom.